The summed E-state index contributed by atoms with van der Waals surface area (Å²) in [7, 11) is 0. The van der Waals surface area contributed by atoms with Crippen LogP contribution in [0.3, 0.4) is 0 Å². The molecule has 0 radical (unpaired) electrons. The molecule has 0 atom stereocenters. The van der Waals surface area contributed by atoms with E-state index in [1.807, 2.05) is 24.3 Å². The lowest BCUT2D eigenvalue weighted by Crippen LogP contribution is -2.17. The normalized spacial score (nSPS) is 11.3. The summed E-state index contributed by atoms with van der Waals surface area (Å²) < 4.78 is 5.13. The van der Waals surface area contributed by atoms with Crippen LogP contribution in [-0.4, -0.2) is 17.7 Å². The van der Waals surface area contributed by atoms with Crippen LogP contribution >= 0.6 is 0 Å². The number of rotatable bonds is 8. The third-order valence-electron chi connectivity index (χ3n) is 3.40. The van der Waals surface area contributed by atoms with Crippen LogP contribution in [0.4, 0.5) is 0 Å². The van der Waals surface area contributed by atoms with Crippen molar-refractivity contribution in [2.24, 2.45) is 0 Å². The monoisotopic (exact) mass is 264 g/mol. The summed E-state index contributed by atoms with van der Waals surface area (Å²) in [5.41, 5.74) is 1.42. The smallest absolute Gasteiger partial charge is 0.341 e. The third-order valence-corrected chi connectivity index (χ3v) is 3.40. The molecule has 0 aliphatic heterocycles. The van der Waals surface area contributed by atoms with Crippen LogP contribution in [0.2, 0.25) is 0 Å². The van der Waals surface area contributed by atoms with E-state index in [1.54, 1.807) is 0 Å². The minimum absolute atomic E-state index is 0.153. The number of carbonyl (C=O) groups is 1. The fourth-order valence-corrected chi connectivity index (χ4v) is 2.11. The zero-order valence-electron chi connectivity index (χ0n) is 12.1. The molecule has 0 saturated carbocycles. The maximum atomic E-state index is 10.4. The van der Waals surface area contributed by atoms with Gasteiger partial charge in [-0.05, 0) is 29.5 Å². The Labute approximate surface area is 115 Å². The summed E-state index contributed by atoms with van der Waals surface area (Å²) in [5.74, 6) is -0.348. The number of unbranched alkanes of at least 4 members (excludes halogenated alkanes) is 2. The molecule has 0 bridgehead atoms. The van der Waals surface area contributed by atoms with Crippen molar-refractivity contribution in [1.29, 1.82) is 0 Å². The Bertz CT molecular complexity index is 393. The highest BCUT2D eigenvalue weighted by Crippen LogP contribution is 2.30. The molecule has 0 saturated heterocycles. The van der Waals surface area contributed by atoms with E-state index in [9.17, 15) is 4.79 Å². The van der Waals surface area contributed by atoms with E-state index in [2.05, 4.69) is 20.8 Å². The number of benzene rings is 1. The van der Waals surface area contributed by atoms with Gasteiger partial charge in [0.25, 0.3) is 0 Å². The standard InChI is InChI=1S/C16H24O3/c1-4-5-6-11-16(2,3)13-7-9-14(10-8-13)19-12-15(17)18/h7-10H,4-6,11-12H2,1-3H3,(H,17,18). The first-order valence-electron chi connectivity index (χ1n) is 6.91. The Morgan fingerprint density at radius 1 is 1.21 bits per heavy atom. The average Bonchev–Trinajstić information content (AvgIpc) is 2.37. The highest BCUT2D eigenvalue weighted by molar-refractivity contribution is 5.68. The molecule has 1 aromatic rings. The van der Waals surface area contributed by atoms with Gasteiger partial charge in [0.15, 0.2) is 6.61 Å². The van der Waals surface area contributed by atoms with E-state index in [1.165, 1.54) is 24.8 Å². The van der Waals surface area contributed by atoms with E-state index in [4.69, 9.17) is 9.84 Å². The summed E-state index contributed by atoms with van der Waals surface area (Å²) >= 11 is 0. The second-order valence-electron chi connectivity index (χ2n) is 5.55. The van der Waals surface area contributed by atoms with Gasteiger partial charge in [-0.1, -0.05) is 52.2 Å². The summed E-state index contributed by atoms with van der Waals surface area (Å²) in [6.07, 6.45) is 4.90. The van der Waals surface area contributed by atoms with Crippen LogP contribution in [0.5, 0.6) is 5.75 Å². The van der Waals surface area contributed by atoms with Gasteiger partial charge in [-0.25, -0.2) is 4.79 Å². The topological polar surface area (TPSA) is 46.5 Å². The van der Waals surface area contributed by atoms with Gasteiger partial charge in [-0.3, -0.25) is 0 Å². The molecule has 0 heterocycles. The largest absolute Gasteiger partial charge is 0.482 e. The van der Waals surface area contributed by atoms with E-state index in [0.29, 0.717) is 5.75 Å². The first-order chi connectivity index (χ1) is 8.95. The van der Waals surface area contributed by atoms with Crippen molar-refractivity contribution in [3.05, 3.63) is 29.8 Å². The minimum Gasteiger partial charge on any atom is -0.482 e. The van der Waals surface area contributed by atoms with Gasteiger partial charge in [0.2, 0.25) is 0 Å². The van der Waals surface area contributed by atoms with Crippen molar-refractivity contribution in [2.75, 3.05) is 6.61 Å². The molecule has 1 rings (SSSR count). The first kappa shape index (κ1) is 15.5. The third kappa shape index (κ3) is 5.33. The molecule has 0 fully saturated rings. The Kier molecular flexibility index (Phi) is 5.87. The van der Waals surface area contributed by atoms with Crippen LogP contribution in [0.1, 0.15) is 52.0 Å². The molecule has 0 aliphatic rings. The molecule has 0 unspecified atom stereocenters. The van der Waals surface area contributed by atoms with Gasteiger partial charge in [0.05, 0.1) is 0 Å². The van der Waals surface area contributed by atoms with Crippen molar-refractivity contribution < 1.29 is 14.6 Å². The predicted molar refractivity (Wildman–Crippen MR) is 76.7 cm³/mol. The van der Waals surface area contributed by atoms with Gasteiger partial charge < -0.3 is 9.84 Å². The quantitative estimate of drug-likeness (QED) is 0.722. The predicted octanol–water partition coefficient (Wildman–Crippen LogP) is 4.01. The zero-order valence-corrected chi connectivity index (χ0v) is 12.1. The molecule has 1 aromatic carbocycles. The van der Waals surface area contributed by atoms with Gasteiger partial charge in [-0.2, -0.15) is 0 Å². The second-order valence-corrected chi connectivity index (χ2v) is 5.55. The number of hydrogen-bond donors (Lipinski definition) is 1. The summed E-state index contributed by atoms with van der Waals surface area (Å²) in [5, 5.41) is 8.55. The maximum Gasteiger partial charge on any atom is 0.341 e. The lowest BCUT2D eigenvalue weighted by atomic mass is 9.80. The van der Waals surface area contributed by atoms with Crippen molar-refractivity contribution in [3.63, 3.8) is 0 Å². The van der Waals surface area contributed by atoms with Crippen LogP contribution in [0.25, 0.3) is 0 Å². The van der Waals surface area contributed by atoms with Crippen LogP contribution in [0.15, 0.2) is 24.3 Å². The molecular formula is C16H24O3. The van der Waals surface area contributed by atoms with E-state index in [0.717, 1.165) is 6.42 Å². The van der Waals surface area contributed by atoms with E-state index in [-0.39, 0.29) is 12.0 Å². The molecule has 19 heavy (non-hydrogen) atoms. The van der Waals surface area contributed by atoms with Gasteiger partial charge in [0.1, 0.15) is 5.75 Å². The minimum atomic E-state index is -0.955. The number of ether oxygens (including phenoxy) is 1. The summed E-state index contributed by atoms with van der Waals surface area (Å²) in [6, 6.07) is 7.76. The van der Waals surface area contributed by atoms with Gasteiger partial charge in [-0.15, -0.1) is 0 Å². The molecule has 0 aromatic heterocycles. The molecular weight excluding hydrogens is 240 g/mol. The van der Waals surface area contributed by atoms with Crippen LogP contribution in [0, 0.1) is 0 Å². The van der Waals surface area contributed by atoms with Gasteiger partial charge in [0, 0.05) is 0 Å². The lowest BCUT2D eigenvalue weighted by Gasteiger charge is -2.25. The first-order valence-corrected chi connectivity index (χ1v) is 6.91. The Hall–Kier alpha value is -1.51. The molecule has 0 spiro atoms. The number of carboxylic acids is 1. The van der Waals surface area contributed by atoms with Crippen LogP contribution < -0.4 is 4.74 Å². The van der Waals surface area contributed by atoms with Crippen molar-refractivity contribution in [2.45, 2.75) is 51.9 Å². The van der Waals surface area contributed by atoms with Crippen LogP contribution in [-0.2, 0) is 10.2 Å². The highest BCUT2D eigenvalue weighted by atomic mass is 16.5. The average molecular weight is 264 g/mol. The number of aliphatic carboxylic acids is 1. The fourth-order valence-electron chi connectivity index (χ4n) is 2.11. The van der Waals surface area contributed by atoms with Crippen molar-refractivity contribution in [3.8, 4) is 5.75 Å². The fraction of sp³-hybridized carbons (Fsp3) is 0.562. The maximum absolute atomic E-state index is 10.4. The Morgan fingerprint density at radius 3 is 2.37 bits per heavy atom. The Balaban J connectivity index is 2.61. The SMILES string of the molecule is CCCCCC(C)(C)c1ccc(OCC(=O)O)cc1. The van der Waals surface area contributed by atoms with E-state index < -0.39 is 5.97 Å². The summed E-state index contributed by atoms with van der Waals surface area (Å²) in [6.45, 7) is 6.41. The second kappa shape index (κ2) is 7.17. The lowest BCUT2D eigenvalue weighted by molar-refractivity contribution is -0.139. The Morgan fingerprint density at radius 2 is 1.84 bits per heavy atom. The van der Waals surface area contributed by atoms with Crippen molar-refractivity contribution in [1.82, 2.24) is 0 Å². The highest BCUT2D eigenvalue weighted by Gasteiger charge is 2.19. The molecule has 0 aliphatic carbocycles. The molecule has 1 N–H and O–H groups in total. The zero-order chi connectivity index (χ0) is 14.3. The molecule has 106 valence electrons. The van der Waals surface area contributed by atoms with E-state index >= 15 is 0 Å². The number of carboxylic acid groups (broad SMARTS) is 1. The molecule has 3 nitrogen and oxygen atoms in total. The summed E-state index contributed by atoms with van der Waals surface area (Å²) in [4.78, 5) is 10.4. The van der Waals surface area contributed by atoms with Gasteiger partial charge >= 0.3 is 5.97 Å². The number of hydrogen-bond acceptors (Lipinski definition) is 2. The molecule has 0 amide bonds. The molecule has 3 heteroatoms. The van der Waals surface area contributed by atoms with Crippen molar-refractivity contribution >= 4 is 5.97 Å².